The Bertz CT molecular complexity index is 362. The summed E-state index contributed by atoms with van der Waals surface area (Å²) < 4.78 is 10.6. The summed E-state index contributed by atoms with van der Waals surface area (Å²) in [7, 11) is 0. The monoisotopic (exact) mass is 238 g/mol. The van der Waals surface area contributed by atoms with E-state index in [1.54, 1.807) is 6.92 Å². The lowest BCUT2D eigenvalue weighted by Gasteiger charge is -2.15. The molecular weight excluding hydrogens is 220 g/mol. The number of rotatable bonds is 7. The van der Waals surface area contributed by atoms with E-state index in [2.05, 4.69) is 0 Å². The molecule has 1 aromatic carbocycles. The average molecular weight is 238 g/mol. The SMILES string of the molecule is CCOc1ccccc1C[C@H](OCC)C(=O)O. The average Bonchev–Trinajstić information content (AvgIpc) is 2.31. The first kappa shape index (κ1) is 13.5. The third kappa shape index (κ3) is 4.07. The van der Waals surface area contributed by atoms with E-state index in [4.69, 9.17) is 14.6 Å². The maximum absolute atomic E-state index is 11.0. The van der Waals surface area contributed by atoms with Crippen molar-refractivity contribution in [3.63, 3.8) is 0 Å². The summed E-state index contributed by atoms with van der Waals surface area (Å²) in [6.45, 7) is 4.62. The fraction of sp³-hybridized carbons (Fsp3) is 0.462. The van der Waals surface area contributed by atoms with Gasteiger partial charge in [0, 0.05) is 13.0 Å². The molecule has 1 N–H and O–H groups in total. The first-order valence-corrected chi connectivity index (χ1v) is 5.74. The molecule has 0 aliphatic carbocycles. The van der Waals surface area contributed by atoms with Crippen molar-refractivity contribution in [1.82, 2.24) is 0 Å². The quantitative estimate of drug-likeness (QED) is 0.790. The molecule has 0 amide bonds. The van der Waals surface area contributed by atoms with E-state index in [1.807, 2.05) is 31.2 Å². The summed E-state index contributed by atoms with van der Waals surface area (Å²) >= 11 is 0. The van der Waals surface area contributed by atoms with Gasteiger partial charge in [-0.3, -0.25) is 0 Å². The molecule has 0 aliphatic rings. The van der Waals surface area contributed by atoms with E-state index in [9.17, 15) is 4.79 Å². The largest absolute Gasteiger partial charge is 0.494 e. The van der Waals surface area contributed by atoms with Crippen molar-refractivity contribution >= 4 is 5.97 Å². The van der Waals surface area contributed by atoms with Crippen LogP contribution in [0.2, 0.25) is 0 Å². The number of hydrogen-bond acceptors (Lipinski definition) is 3. The smallest absolute Gasteiger partial charge is 0.333 e. The zero-order valence-corrected chi connectivity index (χ0v) is 10.2. The second kappa shape index (κ2) is 6.91. The Kier molecular flexibility index (Phi) is 5.49. The predicted molar refractivity (Wildman–Crippen MR) is 64.4 cm³/mol. The summed E-state index contributed by atoms with van der Waals surface area (Å²) in [6.07, 6.45) is -0.499. The van der Waals surface area contributed by atoms with Gasteiger partial charge in [0.1, 0.15) is 5.75 Å². The van der Waals surface area contributed by atoms with Crippen LogP contribution in [0, 0.1) is 0 Å². The Morgan fingerprint density at radius 1 is 1.29 bits per heavy atom. The van der Waals surface area contributed by atoms with Crippen LogP contribution in [0.15, 0.2) is 24.3 Å². The van der Waals surface area contributed by atoms with Crippen LogP contribution in [0.1, 0.15) is 19.4 Å². The van der Waals surface area contributed by atoms with Crippen LogP contribution < -0.4 is 4.74 Å². The maximum atomic E-state index is 11.0. The molecule has 0 unspecified atom stereocenters. The lowest BCUT2D eigenvalue weighted by molar-refractivity contribution is -0.149. The van der Waals surface area contributed by atoms with Crippen molar-refractivity contribution in [2.24, 2.45) is 0 Å². The summed E-state index contributed by atoms with van der Waals surface area (Å²) in [5, 5.41) is 9.02. The highest BCUT2D eigenvalue weighted by Gasteiger charge is 2.19. The van der Waals surface area contributed by atoms with Gasteiger partial charge in [0.15, 0.2) is 6.10 Å². The number of carbonyl (C=O) groups is 1. The molecule has 0 aliphatic heterocycles. The lowest BCUT2D eigenvalue weighted by atomic mass is 10.1. The molecule has 1 aromatic rings. The van der Waals surface area contributed by atoms with Crippen LogP contribution in [0.25, 0.3) is 0 Å². The van der Waals surface area contributed by atoms with E-state index < -0.39 is 12.1 Å². The van der Waals surface area contributed by atoms with Gasteiger partial charge in [0.2, 0.25) is 0 Å². The molecule has 1 atom stereocenters. The van der Waals surface area contributed by atoms with Gasteiger partial charge in [-0.05, 0) is 25.5 Å². The number of benzene rings is 1. The normalized spacial score (nSPS) is 12.1. The number of carboxylic acids is 1. The summed E-state index contributed by atoms with van der Waals surface area (Å²) in [4.78, 5) is 11.0. The fourth-order valence-corrected chi connectivity index (χ4v) is 1.59. The molecule has 1 rings (SSSR count). The third-order valence-electron chi connectivity index (χ3n) is 2.32. The molecule has 0 aromatic heterocycles. The number of carboxylic acid groups (broad SMARTS) is 1. The van der Waals surface area contributed by atoms with Gasteiger partial charge in [0.25, 0.3) is 0 Å². The molecule has 0 heterocycles. The van der Waals surface area contributed by atoms with Crippen molar-refractivity contribution in [3.05, 3.63) is 29.8 Å². The van der Waals surface area contributed by atoms with Crippen LogP contribution >= 0.6 is 0 Å². The topological polar surface area (TPSA) is 55.8 Å². The molecule has 0 radical (unpaired) electrons. The Morgan fingerprint density at radius 2 is 2.00 bits per heavy atom. The first-order chi connectivity index (χ1) is 8.19. The van der Waals surface area contributed by atoms with Gasteiger partial charge < -0.3 is 14.6 Å². The molecular formula is C13H18O4. The van der Waals surface area contributed by atoms with Gasteiger partial charge in [-0.1, -0.05) is 18.2 Å². The zero-order valence-electron chi connectivity index (χ0n) is 10.2. The molecule has 4 heteroatoms. The van der Waals surface area contributed by atoms with Crippen LogP contribution in [0.3, 0.4) is 0 Å². The Labute approximate surface area is 101 Å². The lowest BCUT2D eigenvalue weighted by Crippen LogP contribution is -2.26. The second-order valence-electron chi connectivity index (χ2n) is 3.53. The molecule has 0 bridgehead atoms. The van der Waals surface area contributed by atoms with Gasteiger partial charge in [-0.2, -0.15) is 0 Å². The van der Waals surface area contributed by atoms with Crippen molar-refractivity contribution in [2.75, 3.05) is 13.2 Å². The van der Waals surface area contributed by atoms with Crippen LogP contribution in [-0.4, -0.2) is 30.4 Å². The van der Waals surface area contributed by atoms with Gasteiger partial charge in [-0.15, -0.1) is 0 Å². The van der Waals surface area contributed by atoms with Crippen molar-refractivity contribution < 1.29 is 19.4 Å². The van der Waals surface area contributed by atoms with Crippen molar-refractivity contribution in [1.29, 1.82) is 0 Å². The number of para-hydroxylation sites is 1. The highest BCUT2D eigenvalue weighted by Crippen LogP contribution is 2.20. The molecule has 0 spiro atoms. The minimum absolute atomic E-state index is 0.319. The van der Waals surface area contributed by atoms with E-state index in [0.29, 0.717) is 19.6 Å². The van der Waals surface area contributed by atoms with Crippen molar-refractivity contribution in [2.45, 2.75) is 26.4 Å². The Balaban J connectivity index is 2.80. The van der Waals surface area contributed by atoms with Crippen LogP contribution in [-0.2, 0) is 16.0 Å². The summed E-state index contributed by atoms with van der Waals surface area (Å²) in [6, 6.07) is 7.43. The Morgan fingerprint density at radius 3 is 2.59 bits per heavy atom. The summed E-state index contributed by atoms with van der Waals surface area (Å²) in [5.41, 5.74) is 0.857. The third-order valence-corrected chi connectivity index (χ3v) is 2.32. The standard InChI is InChI=1S/C13H18O4/c1-3-16-11-8-6-5-7-10(11)9-12(13(14)15)17-4-2/h5-8,12H,3-4,9H2,1-2H3,(H,14,15)/t12-/m0/s1. The minimum Gasteiger partial charge on any atom is -0.494 e. The molecule has 0 saturated heterocycles. The highest BCUT2D eigenvalue weighted by atomic mass is 16.5. The van der Waals surface area contributed by atoms with Gasteiger partial charge >= 0.3 is 5.97 Å². The maximum Gasteiger partial charge on any atom is 0.333 e. The molecule has 94 valence electrons. The molecule has 0 saturated carbocycles. The van der Waals surface area contributed by atoms with Crippen LogP contribution in [0.5, 0.6) is 5.75 Å². The molecule has 4 nitrogen and oxygen atoms in total. The fourth-order valence-electron chi connectivity index (χ4n) is 1.59. The van der Waals surface area contributed by atoms with Gasteiger partial charge in [-0.25, -0.2) is 4.79 Å². The van der Waals surface area contributed by atoms with Crippen LogP contribution in [0.4, 0.5) is 0 Å². The minimum atomic E-state index is -0.946. The molecule has 0 fully saturated rings. The number of ether oxygens (including phenoxy) is 2. The zero-order chi connectivity index (χ0) is 12.7. The van der Waals surface area contributed by atoms with E-state index in [0.717, 1.165) is 11.3 Å². The number of aliphatic carboxylic acids is 1. The highest BCUT2D eigenvalue weighted by molar-refractivity contribution is 5.73. The van der Waals surface area contributed by atoms with E-state index in [-0.39, 0.29) is 0 Å². The predicted octanol–water partition coefficient (Wildman–Crippen LogP) is 2.12. The second-order valence-corrected chi connectivity index (χ2v) is 3.53. The van der Waals surface area contributed by atoms with E-state index >= 15 is 0 Å². The first-order valence-electron chi connectivity index (χ1n) is 5.74. The summed E-state index contributed by atoms with van der Waals surface area (Å²) in [5.74, 6) is -0.223. The Hall–Kier alpha value is -1.55. The molecule has 17 heavy (non-hydrogen) atoms. The van der Waals surface area contributed by atoms with Crippen molar-refractivity contribution in [3.8, 4) is 5.75 Å². The van der Waals surface area contributed by atoms with E-state index in [1.165, 1.54) is 0 Å². The van der Waals surface area contributed by atoms with Gasteiger partial charge in [0.05, 0.1) is 6.61 Å². The number of hydrogen-bond donors (Lipinski definition) is 1.